The van der Waals surface area contributed by atoms with E-state index in [1.54, 1.807) is 11.8 Å². The molecule has 0 spiro atoms. The average Bonchev–Trinajstić information content (AvgIpc) is 3.20. The van der Waals surface area contributed by atoms with Crippen molar-refractivity contribution < 1.29 is 29.3 Å². The van der Waals surface area contributed by atoms with Crippen molar-refractivity contribution in [2.75, 3.05) is 6.26 Å². The minimum absolute atomic E-state index is 0.142. The molecule has 1 amide bonds. The maximum Gasteiger partial charge on any atom is 0.250 e. The Kier molecular flexibility index (Phi) is 4.34. The maximum absolute atomic E-state index is 12.4. The highest BCUT2D eigenvalue weighted by Crippen LogP contribution is 2.48. The fourth-order valence-electron chi connectivity index (χ4n) is 4.16. The molecule has 0 radical (unpaired) electrons. The third-order valence-corrected chi connectivity index (χ3v) is 7.57. The quantitative estimate of drug-likeness (QED) is 0.377. The van der Waals surface area contributed by atoms with Crippen LogP contribution >= 0.6 is 23.1 Å². The van der Waals surface area contributed by atoms with Crippen molar-refractivity contribution in [3.8, 4) is 0 Å². The number of thioether (sulfide) groups is 1. The lowest BCUT2D eigenvalue weighted by Crippen LogP contribution is -2.62. The lowest BCUT2D eigenvalue weighted by atomic mass is 9.83. The Balaban J connectivity index is 1.89. The van der Waals surface area contributed by atoms with Gasteiger partial charge in [-0.2, -0.15) is 4.40 Å². The van der Waals surface area contributed by atoms with Crippen LogP contribution in [0.4, 0.5) is 0 Å². The van der Waals surface area contributed by atoms with Crippen LogP contribution in [0.5, 0.6) is 0 Å². The van der Waals surface area contributed by atoms with Crippen molar-refractivity contribution in [1.82, 2.24) is 9.47 Å². The fraction of sp³-hybridized carbons (Fsp3) is 0.471. The van der Waals surface area contributed by atoms with Crippen LogP contribution in [-0.4, -0.2) is 50.0 Å². The van der Waals surface area contributed by atoms with Gasteiger partial charge in [-0.25, -0.2) is 4.57 Å². The molecular formula is C17H19N3O5S2. The topological polar surface area (TPSA) is 110 Å². The smallest absolute Gasteiger partial charge is 0.250 e. The van der Waals surface area contributed by atoms with E-state index in [0.717, 1.165) is 9.86 Å². The van der Waals surface area contributed by atoms with Crippen LogP contribution in [0.15, 0.2) is 17.1 Å². The summed E-state index contributed by atoms with van der Waals surface area (Å²) in [5.41, 5.74) is 0.934. The number of β-lactam (4-membered cyclic amide) rings is 1. The third-order valence-electron chi connectivity index (χ3n) is 5.30. The first-order valence-electron chi connectivity index (χ1n) is 8.45. The zero-order valence-electron chi connectivity index (χ0n) is 15.0. The molecule has 2 aliphatic rings. The number of aromatic nitrogens is 2. The zero-order chi connectivity index (χ0) is 19.6. The summed E-state index contributed by atoms with van der Waals surface area (Å²) in [6.45, 7) is 1.27. The van der Waals surface area contributed by atoms with E-state index in [1.165, 1.54) is 23.2 Å². The number of aliphatic hydroxyl groups excluding tert-OH is 2. The maximum atomic E-state index is 12.4. The molecule has 2 aromatic heterocycles. The number of imidazole rings is 1. The molecule has 27 heavy (non-hydrogen) atoms. The molecule has 0 saturated carbocycles. The van der Waals surface area contributed by atoms with Crippen molar-refractivity contribution in [3.63, 3.8) is 0 Å². The number of rotatable bonds is 5. The predicted octanol–water partition coefficient (Wildman–Crippen LogP) is -0.888. The Morgan fingerprint density at radius 2 is 2.26 bits per heavy atom. The van der Waals surface area contributed by atoms with Gasteiger partial charge in [-0.05, 0) is 19.6 Å². The van der Waals surface area contributed by atoms with E-state index in [0.29, 0.717) is 22.6 Å². The van der Waals surface area contributed by atoms with Gasteiger partial charge >= 0.3 is 0 Å². The molecule has 4 heterocycles. The van der Waals surface area contributed by atoms with Gasteiger partial charge in [-0.3, -0.25) is 4.79 Å². The van der Waals surface area contributed by atoms with Crippen LogP contribution in [0.25, 0.3) is 10.4 Å². The molecule has 0 aliphatic carbocycles. The van der Waals surface area contributed by atoms with E-state index >= 15 is 0 Å². The molecule has 0 aromatic carbocycles. The highest BCUT2D eigenvalue weighted by atomic mass is 32.2. The molecular weight excluding hydrogens is 390 g/mol. The number of amides is 1. The standard InChI is InChI=1S/C17H19N3O5S2/c1-7(22)11-9-4-8(12(17(24)25)20(9)14(11)23)13-10(5-21)19-6-18(2)15(26-3)16(19)27-13/h6-7,9,11,21-22H,4-5H2,1-3H3/t7-,9-,11-/m1/s1. The highest BCUT2D eigenvalue weighted by molar-refractivity contribution is 7.98. The van der Waals surface area contributed by atoms with Crippen molar-refractivity contribution in [1.29, 1.82) is 0 Å². The molecule has 10 heteroatoms. The third kappa shape index (κ3) is 2.40. The molecule has 2 aliphatic heterocycles. The lowest BCUT2D eigenvalue weighted by Gasteiger charge is -2.45. The first-order valence-corrected chi connectivity index (χ1v) is 10.5. The SMILES string of the molecule is CSc1c2sc(C3=C(C(=O)[O-])N4C(=O)[C@H]([C@@H](C)O)[C@H]4C3)c(CO)[n+]2cn1C. The lowest BCUT2D eigenvalue weighted by molar-refractivity contribution is -0.521. The molecule has 1 fully saturated rings. The number of carbonyl (C=O) groups is 2. The van der Waals surface area contributed by atoms with Crippen LogP contribution in [0.1, 0.15) is 23.9 Å². The summed E-state index contributed by atoms with van der Waals surface area (Å²) in [7, 11) is 1.91. The number of fused-ring (bicyclic) bond motifs is 2. The summed E-state index contributed by atoms with van der Waals surface area (Å²) in [4.78, 5) is 27.0. The predicted molar refractivity (Wildman–Crippen MR) is 96.5 cm³/mol. The number of nitrogens with zero attached hydrogens (tertiary/aromatic N) is 3. The number of aryl methyl sites for hydroxylation is 1. The largest absolute Gasteiger partial charge is 0.543 e. The van der Waals surface area contributed by atoms with Gasteiger partial charge in [0.2, 0.25) is 15.8 Å². The number of aliphatic carboxylic acids is 1. The van der Waals surface area contributed by atoms with E-state index in [9.17, 15) is 24.9 Å². The summed E-state index contributed by atoms with van der Waals surface area (Å²) in [5, 5.41) is 32.7. The molecule has 2 N–H and O–H groups in total. The Labute approximate surface area is 163 Å². The van der Waals surface area contributed by atoms with Crippen molar-refractivity contribution in [2.45, 2.75) is 37.1 Å². The van der Waals surface area contributed by atoms with Crippen LogP contribution in [-0.2, 0) is 23.2 Å². The summed E-state index contributed by atoms with van der Waals surface area (Å²) >= 11 is 2.95. The molecule has 0 bridgehead atoms. The number of hydrogen-bond donors (Lipinski definition) is 2. The van der Waals surface area contributed by atoms with Gasteiger partial charge in [-0.15, -0.1) is 0 Å². The minimum atomic E-state index is -1.41. The second kappa shape index (κ2) is 6.33. The van der Waals surface area contributed by atoms with E-state index in [-0.39, 0.29) is 18.3 Å². The minimum Gasteiger partial charge on any atom is -0.543 e. The van der Waals surface area contributed by atoms with Gasteiger partial charge in [0.15, 0.2) is 5.69 Å². The van der Waals surface area contributed by atoms with E-state index < -0.39 is 23.9 Å². The Bertz CT molecular complexity index is 1010. The van der Waals surface area contributed by atoms with E-state index in [4.69, 9.17) is 0 Å². The normalized spacial score (nSPS) is 23.1. The first kappa shape index (κ1) is 18.5. The van der Waals surface area contributed by atoms with Gasteiger partial charge in [0.05, 0.1) is 41.7 Å². The number of carbonyl (C=O) groups excluding carboxylic acids is 2. The highest BCUT2D eigenvalue weighted by Gasteiger charge is 2.56. The summed E-state index contributed by atoms with van der Waals surface area (Å²) < 4.78 is 3.80. The van der Waals surface area contributed by atoms with Crippen LogP contribution < -0.4 is 9.51 Å². The second-order valence-corrected chi connectivity index (χ2v) is 8.60. The monoisotopic (exact) mass is 409 g/mol. The molecule has 3 atom stereocenters. The van der Waals surface area contributed by atoms with Crippen LogP contribution in [0.3, 0.4) is 0 Å². The summed E-state index contributed by atoms with van der Waals surface area (Å²) in [5.74, 6) is -2.42. The van der Waals surface area contributed by atoms with Crippen LogP contribution in [0.2, 0.25) is 0 Å². The summed E-state index contributed by atoms with van der Waals surface area (Å²) in [6, 6.07) is -0.385. The van der Waals surface area contributed by atoms with Gasteiger partial charge in [0.1, 0.15) is 6.61 Å². The molecule has 2 aromatic rings. The van der Waals surface area contributed by atoms with Gasteiger partial charge in [0.25, 0.3) is 6.33 Å². The Morgan fingerprint density at radius 3 is 2.81 bits per heavy atom. The van der Waals surface area contributed by atoms with Gasteiger partial charge < -0.3 is 25.0 Å². The fourth-order valence-corrected chi connectivity index (χ4v) is 6.41. The van der Waals surface area contributed by atoms with Crippen molar-refractivity contribution >= 4 is 45.4 Å². The number of hydrogen-bond acceptors (Lipinski definition) is 7. The Morgan fingerprint density at radius 1 is 1.56 bits per heavy atom. The second-order valence-electron chi connectivity index (χ2n) is 6.81. The summed E-state index contributed by atoms with van der Waals surface area (Å²) in [6.07, 6.45) is 3.27. The van der Waals surface area contributed by atoms with Crippen molar-refractivity contribution in [2.24, 2.45) is 13.0 Å². The van der Waals surface area contributed by atoms with E-state index in [1.807, 2.05) is 28.6 Å². The van der Waals surface area contributed by atoms with E-state index in [2.05, 4.69) is 0 Å². The van der Waals surface area contributed by atoms with Gasteiger partial charge in [0, 0.05) is 5.57 Å². The number of thiazole rings is 1. The molecule has 4 rings (SSSR count). The van der Waals surface area contributed by atoms with Crippen LogP contribution in [0, 0.1) is 5.92 Å². The zero-order valence-corrected chi connectivity index (χ0v) is 16.6. The molecule has 0 unspecified atom stereocenters. The Hall–Kier alpha value is -1.88. The molecule has 1 saturated heterocycles. The number of carboxylic acid groups (broad SMARTS) is 1. The number of aliphatic hydroxyl groups is 2. The molecule has 8 nitrogen and oxygen atoms in total. The van der Waals surface area contributed by atoms with Crippen molar-refractivity contribution in [3.05, 3.63) is 22.6 Å². The molecule has 144 valence electrons. The number of carboxylic acids is 1. The first-order chi connectivity index (χ1) is 12.8. The van der Waals surface area contributed by atoms with Gasteiger partial charge in [-0.1, -0.05) is 23.1 Å². The average molecular weight is 409 g/mol.